The van der Waals surface area contributed by atoms with Crippen LogP contribution in [-0.4, -0.2) is 49.8 Å². The van der Waals surface area contributed by atoms with Crippen LogP contribution in [0, 0.1) is 5.92 Å². The molecule has 15 heteroatoms. The third-order valence-electron chi connectivity index (χ3n) is 4.83. The fourth-order valence-corrected chi connectivity index (χ4v) is 4.43. The van der Waals surface area contributed by atoms with Gasteiger partial charge in [-0.25, -0.2) is 4.79 Å². The molecule has 1 aliphatic heterocycles. The Kier molecular flexibility index (Phi) is 8.30. The summed E-state index contributed by atoms with van der Waals surface area (Å²) in [4.78, 5) is 14.0. The van der Waals surface area contributed by atoms with E-state index in [0.29, 0.717) is 25.2 Å². The third-order valence-corrected chi connectivity index (χ3v) is 6.72. The standard InChI is InChI=1S/C20H25F3N6O4S2/c1-4-7-29-8-5-6-13-9-14(15(10-16(13)29)28-35(31,32)20(21,22)23)24-26-19-27-25-17(34-19)18(30)33-11-12(2)3/h9-10,12,28H,4-8,11H2,1-3H3. The van der Waals surface area contributed by atoms with E-state index in [1.54, 1.807) is 4.72 Å². The number of carbonyl (C=O) groups excluding carboxylic acids is 1. The number of sulfonamides is 1. The van der Waals surface area contributed by atoms with Crippen LogP contribution in [0.1, 0.15) is 49.0 Å². The first-order valence-corrected chi connectivity index (χ1v) is 13.1. The first-order valence-electron chi connectivity index (χ1n) is 10.8. The molecule has 1 aromatic carbocycles. The minimum absolute atomic E-state index is 0.0449. The van der Waals surface area contributed by atoms with Crippen molar-refractivity contribution in [2.45, 2.75) is 45.5 Å². The third kappa shape index (κ3) is 6.66. The zero-order chi connectivity index (χ0) is 25.8. The van der Waals surface area contributed by atoms with Crippen LogP contribution in [-0.2, 0) is 21.2 Å². The number of ether oxygens (including phenoxy) is 1. The van der Waals surface area contributed by atoms with Crippen molar-refractivity contribution in [3.63, 3.8) is 0 Å². The number of fused-ring (bicyclic) bond motifs is 1. The summed E-state index contributed by atoms with van der Waals surface area (Å²) in [6.07, 6.45) is 2.29. The summed E-state index contributed by atoms with van der Waals surface area (Å²) in [6, 6.07) is 2.85. The maximum absolute atomic E-state index is 13.1. The highest BCUT2D eigenvalue weighted by Gasteiger charge is 2.46. The highest BCUT2D eigenvalue weighted by atomic mass is 32.2. The molecule has 3 rings (SSSR count). The summed E-state index contributed by atoms with van der Waals surface area (Å²) in [5.41, 5.74) is -4.54. The number of halogens is 3. The van der Waals surface area contributed by atoms with E-state index in [9.17, 15) is 26.4 Å². The number of carbonyl (C=O) groups is 1. The highest BCUT2D eigenvalue weighted by molar-refractivity contribution is 7.93. The Labute approximate surface area is 204 Å². The molecule has 1 aromatic heterocycles. The summed E-state index contributed by atoms with van der Waals surface area (Å²) in [6.45, 7) is 7.28. The highest BCUT2D eigenvalue weighted by Crippen LogP contribution is 2.39. The Bertz CT molecular complexity index is 1200. The molecular weight excluding hydrogens is 509 g/mol. The fourth-order valence-electron chi connectivity index (χ4n) is 3.30. The summed E-state index contributed by atoms with van der Waals surface area (Å²) < 4.78 is 69.5. The van der Waals surface area contributed by atoms with Crippen molar-refractivity contribution in [3.8, 4) is 0 Å². The molecule has 1 aliphatic rings. The first kappa shape index (κ1) is 26.8. The van der Waals surface area contributed by atoms with Gasteiger partial charge in [0.05, 0.1) is 12.3 Å². The second-order valence-electron chi connectivity index (χ2n) is 8.22. The average Bonchev–Trinajstić information content (AvgIpc) is 3.25. The molecular formula is C20H25F3N6O4S2. The number of anilines is 2. The van der Waals surface area contributed by atoms with Gasteiger partial charge in [0, 0.05) is 18.8 Å². The molecule has 0 saturated carbocycles. The number of aromatic nitrogens is 2. The van der Waals surface area contributed by atoms with Crippen LogP contribution in [0.15, 0.2) is 22.4 Å². The van der Waals surface area contributed by atoms with Crippen molar-refractivity contribution in [1.29, 1.82) is 0 Å². The van der Waals surface area contributed by atoms with E-state index in [2.05, 4.69) is 20.4 Å². The molecule has 35 heavy (non-hydrogen) atoms. The number of benzene rings is 1. The smallest absolute Gasteiger partial charge is 0.460 e. The van der Waals surface area contributed by atoms with Gasteiger partial charge < -0.3 is 9.64 Å². The Morgan fingerprint density at radius 3 is 2.69 bits per heavy atom. The minimum Gasteiger partial charge on any atom is -0.460 e. The second-order valence-corrected chi connectivity index (χ2v) is 10.9. The zero-order valence-electron chi connectivity index (χ0n) is 19.3. The molecule has 0 atom stereocenters. The van der Waals surface area contributed by atoms with Gasteiger partial charge in [-0.1, -0.05) is 32.1 Å². The molecule has 0 saturated heterocycles. The number of aryl methyl sites for hydroxylation is 1. The van der Waals surface area contributed by atoms with Crippen molar-refractivity contribution in [1.82, 2.24) is 10.2 Å². The van der Waals surface area contributed by atoms with Gasteiger partial charge in [-0.05, 0) is 42.9 Å². The quantitative estimate of drug-likeness (QED) is 0.346. The number of azo groups is 1. The van der Waals surface area contributed by atoms with Gasteiger partial charge in [-0.2, -0.15) is 21.6 Å². The van der Waals surface area contributed by atoms with E-state index in [1.807, 2.05) is 25.7 Å². The minimum atomic E-state index is -5.69. The lowest BCUT2D eigenvalue weighted by atomic mass is 10.00. The normalized spacial score (nSPS) is 14.4. The SMILES string of the molecule is CCCN1CCCc2cc(N=Nc3nnc(C(=O)OCC(C)C)s3)c(NS(=O)(=O)C(F)(F)F)cc21. The molecule has 1 N–H and O–H groups in total. The number of nitrogens with zero attached hydrogens (tertiary/aromatic N) is 5. The number of rotatable bonds is 9. The van der Waals surface area contributed by atoms with E-state index >= 15 is 0 Å². The number of nitrogens with one attached hydrogen (secondary N) is 1. The predicted octanol–water partition coefficient (Wildman–Crippen LogP) is 5.19. The summed E-state index contributed by atoms with van der Waals surface area (Å²) in [5.74, 6) is -0.553. The van der Waals surface area contributed by atoms with Crippen molar-refractivity contribution in [2.24, 2.45) is 16.1 Å². The molecule has 0 radical (unpaired) electrons. The van der Waals surface area contributed by atoms with Crippen molar-refractivity contribution >= 4 is 49.5 Å². The molecule has 0 bridgehead atoms. The van der Waals surface area contributed by atoms with E-state index in [1.165, 1.54) is 12.1 Å². The maximum atomic E-state index is 13.1. The van der Waals surface area contributed by atoms with Gasteiger partial charge in [0.1, 0.15) is 5.69 Å². The van der Waals surface area contributed by atoms with Crippen LogP contribution in [0.4, 0.5) is 35.4 Å². The van der Waals surface area contributed by atoms with Gasteiger partial charge in [0.2, 0.25) is 5.01 Å². The fraction of sp³-hybridized carbons (Fsp3) is 0.550. The van der Waals surface area contributed by atoms with Crippen molar-refractivity contribution < 1.29 is 31.1 Å². The van der Waals surface area contributed by atoms with E-state index in [4.69, 9.17) is 4.74 Å². The molecule has 0 aliphatic carbocycles. The molecule has 10 nitrogen and oxygen atoms in total. The molecule has 2 heterocycles. The largest absolute Gasteiger partial charge is 0.516 e. The number of alkyl halides is 3. The molecule has 0 fully saturated rings. The van der Waals surface area contributed by atoms with E-state index in [-0.39, 0.29) is 34.0 Å². The zero-order valence-corrected chi connectivity index (χ0v) is 20.9. The Morgan fingerprint density at radius 1 is 1.29 bits per heavy atom. The number of hydrogen-bond donors (Lipinski definition) is 1. The van der Waals surface area contributed by atoms with Crippen LogP contribution < -0.4 is 9.62 Å². The summed E-state index contributed by atoms with van der Waals surface area (Å²) in [5, 5.41) is 15.1. The lowest BCUT2D eigenvalue weighted by molar-refractivity contribution is -0.0429. The summed E-state index contributed by atoms with van der Waals surface area (Å²) in [7, 11) is -5.69. The van der Waals surface area contributed by atoms with Crippen LogP contribution in [0.25, 0.3) is 0 Å². The Hall–Kier alpha value is -2.81. The molecule has 2 aromatic rings. The van der Waals surface area contributed by atoms with Crippen LogP contribution in [0.5, 0.6) is 0 Å². The maximum Gasteiger partial charge on any atom is 0.516 e. The first-order chi connectivity index (χ1) is 16.4. The molecule has 192 valence electrons. The second kappa shape index (κ2) is 10.8. The van der Waals surface area contributed by atoms with Crippen LogP contribution >= 0.6 is 11.3 Å². The van der Waals surface area contributed by atoms with Gasteiger partial charge in [0.25, 0.3) is 5.13 Å². The van der Waals surface area contributed by atoms with Crippen LogP contribution in [0.3, 0.4) is 0 Å². The van der Waals surface area contributed by atoms with Gasteiger partial charge in [0.15, 0.2) is 0 Å². The van der Waals surface area contributed by atoms with Gasteiger partial charge in [-0.3, -0.25) is 4.72 Å². The van der Waals surface area contributed by atoms with Gasteiger partial charge >= 0.3 is 21.5 Å². The van der Waals surface area contributed by atoms with Crippen LogP contribution in [0.2, 0.25) is 0 Å². The topological polar surface area (TPSA) is 126 Å². The summed E-state index contributed by atoms with van der Waals surface area (Å²) >= 11 is 0.787. The molecule has 0 spiro atoms. The predicted molar refractivity (Wildman–Crippen MR) is 125 cm³/mol. The lowest BCUT2D eigenvalue weighted by Gasteiger charge is -2.32. The lowest BCUT2D eigenvalue weighted by Crippen LogP contribution is -2.31. The molecule has 0 amide bonds. The van der Waals surface area contributed by atoms with E-state index in [0.717, 1.165) is 29.7 Å². The number of hydrogen-bond acceptors (Lipinski definition) is 10. The average molecular weight is 535 g/mol. The Balaban J connectivity index is 1.95. The number of esters is 1. The monoisotopic (exact) mass is 534 g/mol. The van der Waals surface area contributed by atoms with Gasteiger partial charge in [-0.15, -0.1) is 20.4 Å². The van der Waals surface area contributed by atoms with E-state index < -0.39 is 21.5 Å². The van der Waals surface area contributed by atoms with Crippen molar-refractivity contribution in [2.75, 3.05) is 29.3 Å². The Morgan fingerprint density at radius 2 is 2.03 bits per heavy atom. The van der Waals surface area contributed by atoms with Crippen molar-refractivity contribution in [3.05, 3.63) is 22.7 Å². The molecule has 0 unspecified atom stereocenters.